The molecule has 0 bridgehead atoms. The second-order valence-corrected chi connectivity index (χ2v) is 3.93. The molecule has 4 heteroatoms. The Bertz CT molecular complexity index is 450. The number of hydrogen-bond donors (Lipinski definition) is 1. The first-order chi connectivity index (χ1) is 7.58. The van der Waals surface area contributed by atoms with Crippen LogP contribution in [-0.4, -0.2) is 23.5 Å². The van der Waals surface area contributed by atoms with Gasteiger partial charge in [-0.3, -0.25) is 9.59 Å². The van der Waals surface area contributed by atoms with Gasteiger partial charge in [0.1, 0.15) is 12.4 Å². The molecule has 1 aliphatic rings. The number of hydrogen-bond acceptors (Lipinski definition) is 3. The lowest BCUT2D eigenvalue weighted by Gasteiger charge is -2.18. The Balaban J connectivity index is 2.34. The summed E-state index contributed by atoms with van der Waals surface area (Å²) < 4.78 is 5.23. The highest BCUT2D eigenvalue weighted by atomic mass is 16.5. The van der Waals surface area contributed by atoms with Crippen LogP contribution in [0.4, 0.5) is 0 Å². The molecule has 0 spiro atoms. The van der Waals surface area contributed by atoms with Gasteiger partial charge >= 0.3 is 5.97 Å². The van der Waals surface area contributed by atoms with Gasteiger partial charge < -0.3 is 9.84 Å². The van der Waals surface area contributed by atoms with Crippen LogP contribution < -0.4 is 4.74 Å². The Hall–Kier alpha value is -1.84. The molecule has 0 saturated carbocycles. The number of carboxylic acids is 1. The van der Waals surface area contributed by atoms with Crippen LogP contribution in [0.3, 0.4) is 0 Å². The molecule has 1 aromatic carbocycles. The number of carbonyl (C=O) groups excluding carboxylic acids is 1. The van der Waals surface area contributed by atoms with Crippen molar-refractivity contribution in [1.82, 2.24) is 0 Å². The average molecular weight is 220 g/mol. The van der Waals surface area contributed by atoms with Gasteiger partial charge in [-0.05, 0) is 18.6 Å². The first-order valence-electron chi connectivity index (χ1n) is 5.08. The van der Waals surface area contributed by atoms with Crippen LogP contribution in [0.15, 0.2) is 18.2 Å². The zero-order valence-corrected chi connectivity index (χ0v) is 8.90. The van der Waals surface area contributed by atoms with E-state index in [1.807, 2.05) is 0 Å². The molecule has 0 radical (unpaired) electrons. The van der Waals surface area contributed by atoms with E-state index in [4.69, 9.17) is 9.84 Å². The fourth-order valence-electron chi connectivity index (χ4n) is 1.71. The fourth-order valence-corrected chi connectivity index (χ4v) is 1.71. The Morgan fingerprint density at radius 2 is 2.25 bits per heavy atom. The van der Waals surface area contributed by atoms with Crippen LogP contribution in [0.5, 0.6) is 5.75 Å². The molecule has 0 saturated heterocycles. The molecule has 0 fully saturated rings. The van der Waals surface area contributed by atoms with Crippen molar-refractivity contribution in [1.29, 1.82) is 0 Å². The molecule has 0 aromatic heterocycles. The van der Waals surface area contributed by atoms with Crippen LogP contribution in [-0.2, 0) is 16.0 Å². The monoisotopic (exact) mass is 220 g/mol. The number of benzene rings is 1. The van der Waals surface area contributed by atoms with Gasteiger partial charge in [0, 0.05) is 12.0 Å². The van der Waals surface area contributed by atoms with E-state index in [0.29, 0.717) is 17.7 Å². The van der Waals surface area contributed by atoms with Gasteiger partial charge in [-0.1, -0.05) is 12.1 Å². The smallest absolute Gasteiger partial charge is 0.310 e. The molecule has 1 atom stereocenters. The third-order valence-corrected chi connectivity index (χ3v) is 2.73. The minimum absolute atomic E-state index is 0.0210. The van der Waals surface area contributed by atoms with Crippen LogP contribution in [0.25, 0.3) is 0 Å². The summed E-state index contributed by atoms with van der Waals surface area (Å²) in [5.41, 5.74) is 1.48. The lowest BCUT2D eigenvalue weighted by Crippen LogP contribution is -2.20. The number of Topliss-reactive ketones (excluding diaryl/α,β-unsaturated/α-hetero) is 1. The molecule has 4 nitrogen and oxygen atoms in total. The van der Waals surface area contributed by atoms with E-state index in [0.717, 1.165) is 5.56 Å². The van der Waals surface area contributed by atoms with E-state index in [1.54, 1.807) is 25.1 Å². The van der Waals surface area contributed by atoms with Crippen LogP contribution in [0, 0.1) is 0 Å². The van der Waals surface area contributed by atoms with E-state index < -0.39 is 11.9 Å². The number of ether oxygens (including phenoxy) is 1. The van der Waals surface area contributed by atoms with E-state index in [-0.39, 0.29) is 12.4 Å². The summed E-state index contributed by atoms with van der Waals surface area (Å²) in [6.07, 6.45) is 0.329. The van der Waals surface area contributed by atoms with Crippen molar-refractivity contribution in [3.8, 4) is 5.75 Å². The maximum absolute atomic E-state index is 11.2. The Labute approximate surface area is 92.8 Å². The van der Waals surface area contributed by atoms with Crippen LogP contribution >= 0.6 is 0 Å². The molecule has 2 rings (SSSR count). The molecular weight excluding hydrogens is 208 g/mol. The van der Waals surface area contributed by atoms with Gasteiger partial charge in [0.25, 0.3) is 0 Å². The van der Waals surface area contributed by atoms with Crippen molar-refractivity contribution in [2.45, 2.75) is 19.3 Å². The minimum Gasteiger partial charge on any atom is -0.486 e. The molecule has 1 aromatic rings. The van der Waals surface area contributed by atoms with Gasteiger partial charge in [-0.15, -0.1) is 0 Å². The highest BCUT2D eigenvalue weighted by Crippen LogP contribution is 2.27. The van der Waals surface area contributed by atoms with E-state index in [2.05, 4.69) is 0 Å². The van der Waals surface area contributed by atoms with Gasteiger partial charge in [-0.25, -0.2) is 0 Å². The number of aliphatic carboxylic acids is 1. The molecule has 0 aliphatic carbocycles. The molecule has 1 aliphatic heterocycles. The number of fused-ring (bicyclic) bond motifs is 1. The van der Waals surface area contributed by atoms with Crippen molar-refractivity contribution in [3.05, 3.63) is 29.3 Å². The Morgan fingerprint density at radius 3 is 2.94 bits per heavy atom. The topological polar surface area (TPSA) is 63.6 Å². The second kappa shape index (κ2) is 3.96. The number of carbonyl (C=O) groups is 2. The van der Waals surface area contributed by atoms with Gasteiger partial charge in [0.2, 0.25) is 0 Å². The number of rotatable bonds is 2. The summed E-state index contributed by atoms with van der Waals surface area (Å²) in [6.45, 7) is 1.73. The minimum atomic E-state index is -0.872. The van der Waals surface area contributed by atoms with Crippen molar-refractivity contribution < 1.29 is 19.4 Å². The SMILES string of the molecule is CC(C(=O)O)c1ccc2c(c1)CC(=O)CO2. The predicted molar refractivity (Wildman–Crippen MR) is 56.7 cm³/mol. The maximum Gasteiger partial charge on any atom is 0.310 e. The first kappa shape index (κ1) is 10.7. The molecule has 0 amide bonds. The van der Waals surface area contributed by atoms with Crippen molar-refractivity contribution >= 4 is 11.8 Å². The van der Waals surface area contributed by atoms with E-state index in [1.165, 1.54) is 0 Å². The second-order valence-electron chi connectivity index (χ2n) is 3.93. The quantitative estimate of drug-likeness (QED) is 0.817. The normalized spacial score (nSPS) is 16.2. The summed E-state index contributed by atoms with van der Waals surface area (Å²) >= 11 is 0. The Kier molecular flexibility index (Phi) is 2.64. The first-order valence-corrected chi connectivity index (χ1v) is 5.08. The zero-order valence-electron chi connectivity index (χ0n) is 8.90. The fraction of sp³-hybridized carbons (Fsp3) is 0.333. The Morgan fingerprint density at radius 1 is 1.50 bits per heavy atom. The molecule has 1 heterocycles. The summed E-state index contributed by atoms with van der Waals surface area (Å²) in [4.78, 5) is 22.0. The molecule has 16 heavy (non-hydrogen) atoms. The summed E-state index contributed by atoms with van der Waals surface area (Å²) in [5.74, 6) is -0.737. The highest BCUT2D eigenvalue weighted by molar-refractivity contribution is 5.85. The predicted octanol–water partition coefficient (Wildman–Crippen LogP) is 1.38. The van der Waals surface area contributed by atoms with Gasteiger partial charge in [0.15, 0.2) is 5.78 Å². The van der Waals surface area contributed by atoms with Crippen LogP contribution in [0.2, 0.25) is 0 Å². The zero-order chi connectivity index (χ0) is 11.7. The summed E-state index contributed by atoms with van der Waals surface area (Å²) in [6, 6.07) is 5.20. The van der Waals surface area contributed by atoms with Crippen LogP contribution in [0.1, 0.15) is 24.0 Å². The lowest BCUT2D eigenvalue weighted by atomic mass is 9.96. The van der Waals surface area contributed by atoms with Gasteiger partial charge in [0.05, 0.1) is 5.92 Å². The highest BCUT2D eigenvalue weighted by Gasteiger charge is 2.20. The molecular formula is C12H12O4. The maximum atomic E-state index is 11.2. The molecule has 1 N–H and O–H groups in total. The van der Waals surface area contributed by atoms with Crippen molar-refractivity contribution in [2.24, 2.45) is 0 Å². The van der Waals surface area contributed by atoms with Crippen molar-refractivity contribution in [3.63, 3.8) is 0 Å². The standard InChI is InChI=1S/C12H12O4/c1-7(12(14)15)8-2-3-11-9(4-8)5-10(13)6-16-11/h2-4,7H,5-6H2,1H3,(H,14,15). The third-order valence-electron chi connectivity index (χ3n) is 2.73. The molecule has 1 unspecified atom stereocenters. The van der Waals surface area contributed by atoms with Gasteiger partial charge in [-0.2, -0.15) is 0 Å². The molecule has 84 valence electrons. The van der Waals surface area contributed by atoms with E-state index >= 15 is 0 Å². The van der Waals surface area contributed by atoms with E-state index in [9.17, 15) is 9.59 Å². The lowest BCUT2D eigenvalue weighted by molar-refractivity contribution is -0.138. The summed E-state index contributed by atoms with van der Waals surface area (Å²) in [5, 5.41) is 8.89. The number of carboxylic acid groups (broad SMARTS) is 1. The third kappa shape index (κ3) is 1.91. The average Bonchev–Trinajstić information content (AvgIpc) is 2.26. The van der Waals surface area contributed by atoms with Crippen molar-refractivity contribution in [2.75, 3.05) is 6.61 Å². The number of ketones is 1. The summed E-state index contributed by atoms with van der Waals surface area (Å²) in [7, 11) is 0. The largest absolute Gasteiger partial charge is 0.486 e.